The third-order valence-corrected chi connectivity index (χ3v) is 3.71. The van der Waals surface area contributed by atoms with Crippen molar-refractivity contribution < 1.29 is 13.9 Å². The molecule has 0 saturated carbocycles. The number of rotatable bonds is 4. The largest absolute Gasteiger partial charge is 0.493 e. The van der Waals surface area contributed by atoms with Crippen LogP contribution in [0.2, 0.25) is 0 Å². The maximum atomic E-state index is 12.1. The Bertz CT molecular complexity index is 636. The van der Waals surface area contributed by atoms with Gasteiger partial charge in [-0.1, -0.05) is 18.2 Å². The molecule has 1 aromatic heterocycles. The van der Waals surface area contributed by atoms with E-state index < -0.39 is 0 Å². The third-order valence-electron chi connectivity index (χ3n) is 3.71. The van der Waals surface area contributed by atoms with Crippen LogP contribution in [0.1, 0.15) is 34.0 Å². The zero-order valence-corrected chi connectivity index (χ0v) is 11.7. The van der Waals surface area contributed by atoms with Gasteiger partial charge in [0.05, 0.1) is 18.7 Å². The van der Waals surface area contributed by atoms with Crippen LogP contribution in [0.15, 0.2) is 41.0 Å². The van der Waals surface area contributed by atoms with Gasteiger partial charge in [-0.2, -0.15) is 0 Å². The lowest BCUT2D eigenvalue weighted by Crippen LogP contribution is -2.30. The number of nitrogens with one attached hydrogen (secondary N) is 1. The molecule has 3 rings (SSSR count). The van der Waals surface area contributed by atoms with Crippen molar-refractivity contribution in [2.45, 2.75) is 18.9 Å². The van der Waals surface area contributed by atoms with Crippen molar-refractivity contribution in [3.8, 4) is 5.75 Å². The molecule has 1 atom stereocenters. The van der Waals surface area contributed by atoms with Gasteiger partial charge in [-0.3, -0.25) is 4.79 Å². The molecule has 2 aromatic rings. The Morgan fingerprint density at radius 2 is 2.24 bits per heavy atom. The summed E-state index contributed by atoms with van der Waals surface area (Å²) >= 11 is 0. The summed E-state index contributed by atoms with van der Waals surface area (Å²) in [6.45, 7) is 1.56. The fraction of sp³-hybridized carbons (Fsp3) is 0.312. The number of carbonyl (C=O) groups is 1. The molecule has 0 aliphatic carbocycles. The minimum absolute atomic E-state index is 0.137. The topological polar surface area (TPSA) is 77.5 Å². The van der Waals surface area contributed by atoms with E-state index in [2.05, 4.69) is 11.4 Å². The molecule has 0 fully saturated rings. The number of para-hydroxylation sites is 1. The van der Waals surface area contributed by atoms with Gasteiger partial charge < -0.3 is 20.2 Å². The van der Waals surface area contributed by atoms with E-state index in [4.69, 9.17) is 14.9 Å². The first-order valence-electron chi connectivity index (χ1n) is 7.05. The van der Waals surface area contributed by atoms with Gasteiger partial charge >= 0.3 is 0 Å². The Balaban J connectivity index is 1.64. The van der Waals surface area contributed by atoms with Crippen LogP contribution in [0.25, 0.3) is 0 Å². The van der Waals surface area contributed by atoms with E-state index >= 15 is 0 Å². The Labute approximate surface area is 123 Å². The molecule has 110 valence electrons. The molecule has 3 N–H and O–H groups in total. The van der Waals surface area contributed by atoms with Gasteiger partial charge in [0.2, 0.25) is 0 Å². The number of hydrogen-bond donors (Lipinski definition) is 2. The van der Waals surface area contributed by atoms with Gasteiger partial charge in [0.1, 0.15) is 17.8 Å². The highest BCUT2D eigenvalue weighted by atomic mass is 16.5. The lowest BCUT2D eigenvalue weighted by Gasteiger charge is -2.25. The lowest BCUT2D eigenvalue weighted by molar-refractivity contribution is 0.0947. The zero-order chi connectivity index (χ0) is 14.7. The van der Waals surface area contributed by atoms with E-state index in [9.17, 15) is 4.79 Å². The minimum Gasteiger partial charge on any atom is -0.493 e. The monoisotopic (exact) mass is 286 g/mol. The Kier molecular flexibility index (Phi) is 3.92. The molecule has 5 nitrogen and oxygen atoms in total. The second-order valence-corrected chi connectivity index (χ2v) is 5.09. The van der Waals surface area contributed by atoms with E-state index in [0.717, 1.165) is 17.7 Å². The molecule has 2 heterocycles. The molecule has 1 aliphatic rings. The third kappa shape index (κ3) is 2.92. The summed E-state index contributed by atoms with van der Waals surface area (Å²) in [6, 6.07) is 9.64. The number of fused-ring (bicyclic) bond motifs is 1. The van der Waals surface area contributed by atoms with Gasteiger partial charge in [-0.15, -0.1) is 0 Å². The van der Waals surface area contributed by atoms with Gasteiger partial charge in [0, 0.05) is 12.5 Å². The van der Waals surface area contributed by atoms with Crippen molar-refractivity contribution in [2.75, 3.05) is 13.2 Å². The highest BCUT2D eigenvalue weighted by Gasteiger charge is 2.21. The van der Waals surface area contributed by atoms with Crippen molar-refractivity contribution >= 4 is 5.91 Å². The van der Waals surface area contributed by atoms with Crippen LogP contribution in [0.3, 0.4) is 0 Å². The number of hydrogen-bond acceptors (Lipinski definition) is 4. The Morgan fingerprint density at radius 3 is 3.05 bits per heavy atom. The minimum atomic E-state index is -0.137. The van der Waals surface area contributed by atoms with Crippen LogP contribution < -0.4 is 15.8 Å². The standard InChI is InChI=1S/C16H18N2O3/c17-8-13-7-12(10-21-13)16(19)18-9-11-5-6-20-15-4-2-1-3-14(11)15/h1-4,7,10-11H,5-6,8-9,17H2,(H,18,19)/t11-/m0/s1. The number of amides is 1. The molecule has 21 heavy (non-hydrogen) atoms. The first-order chi connectivity index (χ1) is 10.3. The van der Waals surface area contributed by atoms with E-state index in [0.29, 0.717) is 31.0 Å². The van der Waals surface area contributed by atoms with E-state index in [-0.39, 0.29) is 11.8 Å². The zero-order valence-electron chi connectivity index (χ0n) is 11.7. The average molecular weight is 286 g/mol. The fourth-order valence-corrected chi connectivity index (χ4v) is 2.55. The van der Waals surface area contributed by atoms with E-state index in [1.54, 1.807) is 6.07 Å². The summed E-state index contributed by atoms with van der Waals surface area (Å²) in [5.74, 6) is 1.66. The molecule has 0 unspecified atom stereocenters. The summed E-state index contributed by atoms with van der Waals surface area (Å²) in [6.07, 6.45) is 2.34. The molecule has 1 amide bonds. The fourth-order valence-electron chi connectivity index (χ4n) is 2.55. The summed E-state index contributed by atoms with van der Waals surface area (Å²) in [5.41, 5.74) is 7.13. The number of carbonyl (C=O) groups excluding carboxylic acids is 1. The molecule has 0 bridgehead atoms. The van der Waals surface area contributed by atoms with Crippen molar-refractivity contribution in [3.63, 3.8) is 0 Å². The molecular formula is C16H18N2O3. The summed E-state index contributed by atoms with van der Waals surface area (Å²) in [5, 5.41) is 2.95. The highest BCUT2D eigenvalue weighted by molar-refractivity contribution is 5.94. The van der Waals surface area contributed by atoms with Crippen LogP contribution in [-0.4, -0.2) is 19.1 Å². The molecule has 5 heteroatoms. The quantitative estimate of drug-likeness (QED) is 0.901. The van der Waals surface area contributed by atoms with E-state index in [1.807, 2.05) is 18.2 Å². The number of benzene rings is 1. The summed E-state index contributed by atoms with van der Waals surface area (Å²) in [4.78, 5) is 12.1. The normalized spacial score (nSPS) is 16.9. The SMILES string of the molecule is NCc1cc(C(=O)NC[C@@H]2CCOc3ccccc32)co1. The second kappa shape index (κ2) is 6.01. The summed E-state index contributed by atoms with van der Waals surface area (Å²) in [7, 11) is 0. The van der Waals surface area contributed by atoms with Crippen LogP contribution in [0.4, 0.5) is 0 Å². The van der Waals surface area contributed by atoms with Crippen LogP contribution >= 0.6 is 0 Å². The Hall–Kier alpha value is -2.27. The van der Waals surface area contributed by atoms with Gasteiger partial charge in [0.25, 0.3) is 5.91 Å². The molecule has 0 saturated heterocycles. The van der Waals surface area contributed by atoms with Crippen LogP contribution in [0.5, 0.6) is 5.75 Å². The molecular weight excluding hydrogens is 268 g/mol. The molecule has 1 aromatic carbocycles. The lowest BCUT2D eigenvalue weighted by atomic mass is 9.93. The average Bonchev–Trinajstić information content (AvgIpc) is 3.01. The highest BCUT2D eigenvalue weighted by Crippen LogP contribution is 2.32. The van der Waals surface area contributed by atoms with Gasteiger partial charge in [0.15, 0.2) is 0 Å². The predicted octanol–water partition coefficient (Wildman–Crippen LogP) is 2.03. The van der Waals surface area contributed by atoms with E-state index in [1.165, 1.54) is 6.26 Å². The van der Waals surface area contributed by atoms with Crippen LogP contribution in [-0.2, 0) is 6.54 Å². The first-order valence-corrected chi connectivity index (χ1v) is 7.05. The molecule has 0 spiro atoms. The maximum absolute atomic E-state index is 12.1. The predicted molar refractivity (Wildman–Crippen MR) is 78.2 cm³/mol. The van der Waals surface area contributed by atoms with Crippen molar-refractivity contribution in [3.05, 3.63) is 53.5 Å². The van der Waals surface area contributed by atoms with Crippen molar-refractivity contribution in [1.82, 2.24) is 5.32 Å². The first kappa shape index (κ1) is 13.7. The number of nitrogens with two attached hydrogens (primary N) is 1. The van der Waals surface area contributed by atoms with Gasteiger partial charge in [-0.05, 0) is 24.1 Å². The number of ether oxygens (including phenoxy) is 1. The van der Waals surface area contributed by atoms with Gasteiger partial charge in [-0.25, -0.2) is 0 Å². The summed E-state index contributed by atoms with van der Waals surface area (Å²) < 4.78 is 10.8. The smallest absolute Gasteiger partial charge is 0.254 e. The maximum Gasteiger partial charge on any atom is 0.254 e. The van der Waals surface area contributed by atoms with Crippen LogP contribution in [0, 0.1) is 0 Å². The number of furan rings is 1. The Morgan fingerprint density at radius 1 is 1.38 bits per heavy atom. The van der Waals surface area contributed by atoms with Crippen molar-refractivity contribution in [1.29, 1.82) is 0 Å². The van der Waals surface area contributed by atoms with Crippen molar-refractivity contribution in [2.24, 2.45) is 5.73 Å². The molecule has 0 radical (unpaired) electrons. The second-order valence-electron chi connectivity index (χ2n) is 5.09. The molecule has 1 aliphatic heterocycles.